The van der Waals surface area contributed by atoms with Crippen LogP contribution < -0.4 is 10.6 Å². The van der Waals surface area contributed by atoms with Crippen LogP contribution in [-0.4, -0.2) is 86.2 Å². The van der Waals surface area contributed by atoms with Crippen LogP contribution in [0.3, 0.4) is 0 Å². The Hall–Kier alpha value is -3.54. The number of hydrogen-bond donors (Lipinski definition) is 4. The van der Waals surface area contributed by atoms with Gasteiger partial charge in [-0.3, -0.25) is 4.90 Å². The summed E-state index contributed by atoms with van der Waals surface area (Å²) in [5, 5.41) is 17.0. The van der Waals surface area contributed by atoms with E-state index in [0.29, 0.717) is 26.2 Å². The van der Waals surface area contributed by atoms with E-state index in [2.05, 4.69) is 53.7 Å². The minimum atomic E-state index is -0.234. The number of likely N-dealkylation sites (tertiary alicyclic amines) is 1. The lowest BCUT2D eigenvalue weighted by molar-refractivity contribution is 0.175. The number of hydrogen-bond acceptors (Lipinski definition) is 8. The summed E-state index contributed by atoms with van der Waals surface area (Å²) < 4.78 is 1.12. The molecule has 1 atom stereocenters. The molecule has 2 aliphatic rings. The minimum Gasteiger partial charge on any atom is -0.392 e. The second-order valence-electron chi connectivity index (χ2n) is 9.23. The summed E-state index contributed by atoms with van der Waals surface area (Å²) in [6.07, 6.45) is 5.00. The third-order valence-corrected chi connectivity index (χ3v) is 7.61. The van der Waals surface area contributed by atoms with E-state index in [-0.39, 0.29) is 12.1 Å². The molecule has 0 aliphatic carbocycles. The smallest absolute Gasteiger partial charge is 0.317 e. The van der Waals surface area contributed by atoms with E-state index in [4.69, 9.17) is 0 Å². The Morgan fingerprint density at radius 3 is 3.00 bits per heavy atom. The fourth-order valence-electron chi connectivity index (χ4n) is 4.83. The van der Waals surface area contributed by atoms with Crippen LogP contribution in [0.4, 0.5) is 16.3 Å². The summed E-state index contributed by atoms with van der Waals surface area (Å²) in [5.74, 6) is 0.745. The number of anilines is 2. The number of aromatic nitrogens is 4. The Balaban J connectivity index is 1.10. The highest BCUT2D eigenvalue weighted by atomic mass is 32.1. The molecule has 1 unspecified atom stereocenters. The molecule has 3 aromatic heterocycles. The van der Waals surface area contributed by atoms with Crippen molar-refractivity contribution in [3.8, 4) is 0 Å². The largest absolute Gasteiger partial charge is 0.392 e. The molecule has 1 saturated heterocycles. The number of β-amino-alcohol motifs (C(OH)–C–C–N with tert-alkyl or cyclic N) is 1. The number of carbonyl (C=O) groups excluding carboxylic acids is 1. The molecule has 1 aromatic carbocycles. The van der Waals surface area contributed by atoms with Gasteiger partial charge in [-0.05, 0) is 42.7 Å². The molecule has 186 valence electrons. The third kappa shape index (κ3) is 4.77. The first-order valence-electron chi connectivity index (χ1n) is 12.2. The fraction of sp³-hybridized carbons (Fsp3) is 0.360. The number of benzene rings is 1. The van der Waals surface area contributed by atoms with Gasteiger partial charge in [0.15, 0.2) is 0 Å². The second-order valence-corrected chi connectivity index (χ2v) is 10.1. The first kappa shape index (κ1) is 22.9. The minimum absolute atomic E-state index is 0.0445. The number of carbonyl (C=O) groups is 1. The lowest BCUT2D eigenvalue weighted by Crippen LogP contribution is -2.44. The Labute approximate surface area is 212 Å². The van der Waals surface area contributed by atoms with Crippen LogP contribution in [-0.2, 0) is 0 Å². The molecule has 0 radical (unpaired) electrons. The molecule has 4 N–H and O–H groups in total. The van der Waals surface area contributed by atoms with E-state index >= 15 is 0 Å². The van der Waals surface area contributed by atoms with Crippen molar-refractivity contribution >= 4 is 55.7 Å². The zero-order chi connectivity index (χ0) is 24.5. The van der Waals surface area contributed by atoms with Crippen molar-refractivity contribution in [2.24, 2.45) is 0 Å². The lowest BCUT2D eigenvalue weighted by atomic mass is 10.1. The quantitative estimate of drug-likeness (QED) is 0.318. The Bertz CT molecular complexity index is 1430. The summed E-state index contributed by atoms with van der Waals surface area (Å²) in [6, 6.07) is 8.11. The van der Waals surface area contributed by atoms with Gasteiger partial charge in [0.05, 0.1) is 27.2 Å². The maximum Gasteiger partial charge on any atom is 0.317 e. The van der Waals surface area contributed by atoms with Gasteiger partial charge >= 0.3 is 6.03 Å². The first-order valence-corrected chi connectivity index (χ1v) is 13.1. The van der Waals surface area contributed by atoms with E-state index in [1.807, 2.05) is 22.5 Å². The maximum atomic E-state index is 12.6. The number of aliphatic hydroxyl groups is 1. The average molecular weight is 505 g/mol. The monoisotopic (exact) mass is 504 g/mol. The van der Waals surface area contributed by atoms with Crippen LogP contribution in [0, 0.1) is 0 Å². The number of nitrogens with one attached hydrogen (secondary N) is 3. The average Bonchev–Trinajstić information content (AvgIpc) is 3.64. The van der Waals surface area contributed by atoms with Gasteiger partial charge in [0.1, 0.15) is 17.8 Å². The summed E-state index contributed by atoms with van der Waals surface area (Å²) in [4.78, 5) is 33.2. The lowest BCUT2D eigenvalue weighted by Gasteiger charge is -2.27. The zero-order valence-electron chi connectivity index (χ0n) is 19.8. The molecule has 0 bridgehead atoms. The van der Waals surface area contributed by atoms with E-state index in [0.717, 1.165) is 64.4 Å². The highest BCUT2D eigenvalue weighted by Crippen LogP contribution is 2.30. The Morgan fingerprint density at radius 2 is 2.17 bits per heavy atom. The van der Waals surface area contributed by atoms with Crippen LogP contribution in [0.2, 0.25) is 0 Å². The number of thiazole rings is 1. The van der Waals surface area contributed by atoms with Crippen LogP contribution >= 0.6 is 11.3 Å². The number of urea groups is 1. The van der Waals surface area contributed by atoms with Gasteiger partial charge in [0.2, 0.25) is 0 Å². The molecule has 5 heterocycles. The molecule has 2 amide bonds. The van der Waals surface area contributed by atoms with Crippen molar-refractivity contribution in [2.45, 2.75) is 18.9 Å². The van der Waals surface area contributed by atoms with Gasteiger partial charge < -0.3 is 25.6 Å². The van der Waals surface area contributed by atoms with Gasteiger partial charge in [-0.15, -0.1) is 11.3 Å². The molecule has 10 nitrogen and oxygen atoms in total. The predicted octanol–water partition coefficient (Wildman–Crippen LogP) is 3.18. The van der Waals surface area contributed by atoms with E-state index in [1.165, 1.54) is 5.57 Å². The topological polar surface area (TPSA) is 122 Å². The summed E-state index contributed by atoms with van der Waals surface area (Å²) >= 11 is 1.61. The van der Waals surface area contributed by atoms with Crippen LogP contribution in [0.15, 0.2) is 42.2 Å². The normalized spacial score (nSPS) is 18.6. The van der Waals surface area contributed by atoms with Gasteiger partial charge in [0.25, 0.3) is 0 Å². The number of aliphatic hydroxyl groups excluding tert-OH is 1. The number of fused-ring (bicyclic) bond motifs is 2. The number of aromatic amines is 1. The summed E-state index contributed by atoms with van der Waals surface area (Å²) in [7, 11) is 0. The molecule has 4 aromatic rings. The van der Waals surface area contributed by atoms with Crippen molar-refractivity contribution in [3.63, 3.8) is 0 Å². The highest BCUT2D eigenvalue weighted by molar-refractivity contribution is 7.16. The van der Waals surface area contributed by atoms with Crippen molar-refractivity contribution in [1.82, 2.24) is 35.1 Å². The first-order chi connectivity index (χ1) is 17.6. The molecular weight excluding hydrogens is 476 g/mol. The Morgan fingerprint density at radius 1 is 1.22 bits per heavy atom. The molecule has 0 saturated carbocycles. The maximum absolute atomic E-state index is 12.6. The van der Waals surface area contributed by atoms with Crippen LogP contribution in [0.1, 0.15) is 18.5 Å². The van der Waals surface area contributed by atoms with Crippen LogP contribution in [0.5, 0.6) is 0 Å². The Kier molecular flexibility index (Phi) is 6.26. The molecule has 0 spiro atoms. The summed E-state index contributed by atoms with van der Waals surface area (Å²) in [6.45, 7) is 4.15. The van der Waals surface area contributed by atoms with Gasteiger partial charge in [-0.25, -0.2) is 19.7 Å². The number of rotatable bonds is 6. The standard InChI is InChI=1S/C25H28N8O2S/c34-18-5-7-32(13-18)10-6-26-25(35)33-8-3-16(4-9-33)21-12-19-23(27-14-28-24(19)31-21)30-17-1-2-20-22(11-17)36-15-29-20/h1-3,11-12,14-15,18,34H,4-10,13H2,(H,26,35)(H2,27,28,30,31). The second kappa shape index (κ2) is 9.84. The van der Waals surface area contributed by atoms with Crippen LogP contribution in [0.25, 0.3) is 26.8 Å². The van der Waals surface area contributed by atoms with Crippen molar-refractivity contribution in [2.75, 3.05) is 44.6 Å². The molecule has 36 heavy (non-hydrogen) atoms. The van der Waals surface area contributed by atoms with E-state index < -0.39 is 0 Å². The predicted molar refractivity (Wildman–Crippen MR) is 141 cm³/mol. The van der Waals surface area contributed by atoms with Gasteiger partial charge in [-0.2, -0.15) is 0 Å². The fourth-order valence-corrected chi connectivity index (χ4v) is 5.54. The van der Waals surface area contributed by atoms with Crippen molar-refractivity contribution < 1.29 is 9.90 Å². The van der Waals surface area contributed by atoms with Gasteiger partial charge in [-0.1, -0.05) is 6.08 Å². The molecular formula is C25H28N8O2S. The highest BCUT2D eigenvalue weighted by Gasteiger charge is 2.22. The SMILES string of the molecule is O=C(NCCN1CCC(O)C1)N1CC=C(c2cc3c(Nc4ccc5ncsc5c4)ncnc3[nH]2)CC1. The third-order valence-electron chi connectivity index (χ3n) is 6.81. The van der Waals surface area contributed by atoms with E-state index in [9.17, 15) is 9.90 Å². The number of amides is 2. The van der Waals surface area contributed by atoms with Gasteiger partial charge in [0, 0.05) is 50.6 Å². The van der Waals surface area contributed by atoms with Crippen molar-refractivity contribution in [1.29, 1.82) is 0 Å². The molecule has 1 fully saturated rings. The molecule has 11 heteroatoms. The zero-order valence-corrected chi connectivity index (χ0v) is 20.6. The van der Waals surface area contributed by atoms with Crippen molar-refractivity contribution in [3.05, 3.63) is 47.9 Å². The molecule has 2 aliphatic heterocycles. The number of H-pyrrole nitrogens is 1. The molecule has 6 rings (SSSR count). The van der Waals surface area contributed by atoms with E-state index in [1.54, 1.807) is 17.7 Å². The number of nitrogens with zero attached hydrogens (tertiary/aromatic N) is 5. The summed E-state index contributed by atoms with van der Waals surface area (Å²) in [5.41, 5.74) is 6.72.